The molecule has 0 radical (unpaired) electrons. The molecule has 7 nitrogen and oxygen atoms in total. The second-order valence-corrected chi connectivity index (χ2v) is 9.71. The van der Waals surface area contributed by atoms with Gasteiger partial charge in [-0.25, -0.2) is 17.8 Å². The molecule has 176 valence electrons. The number of benzene rings is 3. The molecule has 0 atom stereocenters. The number of nitrogens with zero attached hydrogens (tertiary/aromatic N) is 2. The highest BCUT2D eigenvalue weighted by Gasteiger charge is 2.23. The predicted octanol–water partition coefficient (Wildman–Crippen LogP) is 4.57. The molecular formula is C25H24FN3O4S. The number of hydrogen-bond donors (Lipinski definition) is 1. The third kappa shape index (κ3) is 3.92. The first-order chi connectivity index (χ1) is 16.0. The lowest BCUT2D eigenvalue weighted by Crippen LogP contribution is -2.23. The van der Waals surface area contributed by atoms with Crippen molar-refractivity contribution in [3.05, 3.63) is 87.2 Å². The highest BCUT2D eigenvalue weighted by molar-refractivity contribution is 7.92. The Morgan fingerprint density at radius 3 is 2.41 bits per heavy atom. The van der Waals surface area contributed by atoms with E-state index in [9.17, 15) is 17.6 Å². The van der Waals surface area contributed by atoms with Gasteiger partial charge in [0.15, 0.2) is 0 Å². The van der Waals surface area contributed by atoms with Crippen molar-refractivity contribution in [2.24, 2.45) is 0 Å². The SMILES string of the molecule is COc1c(C)cc(S(=O)(=O)Nc2cc(-n3c(C)nc4ccccc4c3=O)ccc2F)c(C)c1C. The molecule has 0 unspecified atom stereocenters. The van der Waals surface area contributed by atoms with Crippen molar-refractivity contribution in [3.63, 3.8) is 0 Å². The van der Waals surface area contributed by atoms with Crippen LogP contribution in [-0.2, 0) is 10.0 Å². The summed E-state index contributed by atoms with van der Waals surface area (Å²) in [6, 6.07) is 12.2. The van der Waals surface area contributed by atoms with E-state index in [1.807, 2.05) is 0 Å². The molecule has 3 aromatic carbocycles. The third-order valence-corrected chi connectivity index (χ3v) is 7.36. The Morgan fingerprint density at radius 1 is 1.00 bits per heavy atom. The molecule has 4 rings (SSSR count). The Balaban J connectivity index is 1.82. The molecule has 34 heavy (non-hydrogen) atoms. The fourth-order valence-electron chi connectivity index (χ4n) is 4.09. The number of nitrogens with one attached hydrogen (secondary N) is 1. The van der Waals surface area contributed by atoms with Gasteiger partial charge in [0.05, 0.1) is 34.3 Å². The van der Waals surface area contributed by atoms with E-state index in [4.69, 9.17) is 4.74 Å². The molecule has 0 saturated carbocycles. The van der Waals surface area contributed by atoms with Crippen LogP contribution in [0, 0.1) is 33.5 Å². The van der Waals surface area contributed by atoms with Crippen LogP contribution in [0.25, 0.3) is 16.6 Å². The van der Waals surface area contributed by atoms with Gasteiger partial charge in [-0.15, -0.1) is 0 Å². The Labute approximate surface area is 196 Å². The van der Waals surface area contributed by atoms with E-state index in [0.29, 0.717) is 44.9 Å². The standard InChI is InChI=1S/C25H24FN3O4S/c1-14-12-23(15(2)16(3)24(14)33-5)34(31,32)28-22-13-18(10-11-20(22)26)29-17(4)27-21-9-7-6-8-19(21)25(29)30/h6-13,28H,1-5H3. The van der Waals surface area contributed by atoms with Crippen molar-refractivity contribution in [3.8, 4) is 11.4 Å². The first-order valence-electron chi connectivity index (χ1n) is 10.5. The highest BCUT2D eigenvalue weighted by atomic mass is 32.2. The van der Waals surface area contributed by atoms with Crippen LogP contribution in [0.2, 0.25) is 0 Å². The van der Waals surface area contributed by atoms with Crippen LogP contribution in [0.3, 0.4) is 0 Å². The lowest BCUT2D eigenvalue weighted by Gasteiger charge is -2.17. The Morgan fingerprint density at radius 2 is 1.71 bits per heavy atom. The van der Waals surface area contributed by atoms with E-state index in [1.54, 1.807) is 52.0 Å². The Hall–Kier alpha value is -3.72. The number of hydrogen-bond acceptors (Lipinski definition) is 5. The average molecular weight is 482 g/mol. The highest BCUT2D eigenvalue weighted by Crippen LogP contribution is 2.32. The van der Waals surface area contributed by atoms with Gasteiger partial charge in [-0.1, -0.05) is 12.1 Å². The first-order valence-corrected chi connectivity index (χ1v) is 12.0. The Bertz CT molecular complexity index is 1610. The second kappa shape index (κ2) is 8.57. The molecule has 0 fully saturated rings. The number of halogens is 1. The average Bonchev–Trinajstić information content (AvgIpc) is 2.78. The van der Waals surface area contributed by atoms with Gasteiger partial charge in [0, 0.05) is 0 Å². The summed E-state index contributed by atoms with van der Waals surface area (Å²) in [5.41, 5.74) is 2.05. The van der Waals surface area contributed by atoms with Crippen molar-refractivity contribution < 1.29 is 17.5 Å². The van der Waals surface area contributed by atoms with Crippen molar-refractivity contribution in [1.29, 1.82) is 0 Å². The second-order valence-electron chi connectivity index (χ2n) is 8.06. The molecule has 0 bridgehead atoms. The normalized spacial score (nSPS) is 11.6. The van der Waals surface area contributed by atoms with E-state index in [2.05, 4.69) is 9.71 Å². The largest absolute Gasteiger partial charge is 0.496 e. The van der Waals surface area contributed by atoms with E-state index in [1.165, 1.54) is 29.9 Å². The fourth-order valence-corrected chi connectivity index (χ4v) is 5.54. The van der Waals surface area contributed by atoms with E-state index < -0.39 is 15.8 Å². The zero-order valence-corrected chi connectivity index (χ0v) is 20.2. The summed E-state index contributed by atoms with van der Waals surface area (Å²) in [7, 11) is -2.62. The van der Waals surface area contributed by atoms with Crippen LogP contribution in [-0.4, -0.2) is 25.1 Å². The Kier molecular flexibility index (Phi) is 5.91. The van der Waals surface area contributed by atoms with E-state index in [0.717, 1.165) is 6.07 Å². The van der Waals surface area contributed by atoms with Crippen molar-refractivity contribution >= 4 is 26.6 Å². The minimum absolute atomic E-state index is 0.0221. The summed E-state index contributed by atoms with van der Waals surface area (Å²) in [4.78, 5) is 17.6. The molecule has 0 spiro atoms. The number of aryl methyl sites for hydroxylation is 2. The maximum absolute atomic E-state index is 14.7. The van der Waals surface area contributed by atoms with Crippen molar-refractivity contribution in [2.75, 3.05) is 11.8 Å². The van der Waals surface area contributed by atoms with Crippen LogP contribution in [0.5, 0.6) is 5.75 Å². The number of aromatic nitrogens is 2. The summed E-state index contributed by atoms with van der Waals surface area (Å²) >= 11 is 0. The molecule has 4 aromatic rings. The summed E-state index contributed by atoms with van der Waals surface area (Å²) in [5.74, 6) is 0.219. The lowest BCUT2D eigenvalue weighted by molar-refractivity contribution is 0.407. The molecule has 0 aliphatic heterocycles. The number of sulfonamides is 1. The number of rotatable bonds is 5. The molecular weight excluding hydrogens is 457 g/mol. The minimum Gasteiger partial charge on any atom is -0.496 e. The van der Waals surface area contributed by atoms with Gasteiger partial charge in [0.1, 0.15) is 17.4 Å². The van der Waals surface area contributed by atoms with E-state index >= 15 is 0 Å². The maximum Gasteiger partial charge on any atom is 0.265 e. The fraction of sp³-hybridized carbons (Fsp3) is 0.200. The van der Waals surface area contributed by atoms with Gasteiger partial charge in [0.2, 0.25) is 0 Å². The summed E-state index contributed by atoms with van der Waals surface area (Å²) in [5, 5.41) is 0.402. The first kappa shape index (κ1) is 23.4. The zero-order valence-electron chi connectivity index (χ0n) is 19.4. The zero-order chi connectivity index (χ0) is 24.8. The molecule has 0 aliphatic carbocycles. The monoisotopic (exact) mass is 481 g/mol. The minimum atomic E-state index is -4.14. The van der Waals surface area contributed by atoms with Gasteiger partial charge in [-0.05, 0) is 80.8 Å². The van der Waals surface area contributed by atoms with Gasteiger partial charge < -0.3 is 4.74 Å². The summed E-state index contributed by atoms with van der Waals surface area (Å²) in [6.07, 6.45) is 0. The number of anilines is 1. The van der Waals surface area contributed by atoms with Crippen molar-refractivity contribution in [1.82, 2.24) is 9.55 Å². The molecule has 0 amide bonds. The van der Waals surface area contributed by atoms with Gasteiger partial charge in [0.25, 0.3) is 15.6 Å². The smallest absolute Gasteiger partial charge is 0.265 e. The number of para-hydroxylation sites is 1. The van der Waals surface area contributed by atoms with Gasteiger partial charge in [-0.3, -0.25) is 14.1 Å². The lowest BCUT2D eigenvalue weighted by atomic mass is 10.1. The molecule has 9 heteroatoms. The van der Waals surface area contributed by atoms with Gasteiger partial charge >= 0.3 is 0 Å². The van der Waals surface area contributed by atoms with Crippen LogP contribution in [0.15, 0.2) is 58.2 Å². The number of ether oxygens (including phenoxy) is 1. The quantitative estimate of drug-likeness (QED) is 0.451. The summed E-state index contributed by atoms with van der Waals surface area (Å²) in [6.45, 7) is 6.84. The van der Waals surface area contributed by atoms with Crippen molar-refractivity contribution in [2.45, 2.75) is 32.6 Å². The third-order valence-electron chi connectivity index (χ3n) is 5.87. The molecule has 1 N–H and O–H groups in total. The summed E-state index contributed by atoms with van der Waals surface area (Å²) < 4.78 is 50.2. The molecule has 0 saturated heterocycles. The predicted molar refractivity (Wildman–Crippen MR) is 130 cm³/mol. The topological polar surface area (TPSA) is 90.3 Å². The van der Waals surface area contributed by atoms with E-state index in [-0.39, 0.29) is 16.1 Å². The van der Waals surface area contributed by atoms with Crippen LogP contribution < -0.4 is 15.0 Å². The molecule has 1 heterocycles. The number of fused-ring (bicyclic) bond motifs is 1. The van der Waals surface area contributed by atoms with Crippen LogP contribution >= 0.6 is 0 Å². The van der Waals surface area contributed by atoms with Gasteiger partial charge in [-0.2, -0.15) is 0 Å². The van der Waals surface area contributed by atoms with Crippen LogP contribution in [0.4, 0.5) is 10.1 Å². The maximum atomic E-state index is 14.7. The molecule has 0 aliphatic rings. The number of methoxy groups -OCH3 is 1. The molecule has 1 aromatic heterocycles. The van der Waals surface area contributed by atoms with Crippen LogP contribution in [0.1, 0.15) is 22.5 Å².